The highest BCUT2D eigenvalue weighted by Crippen LogP contribution is 2.37. The summed E-state index contributed by atoms with van der Waals surface area (Å²) in [5, 5.41) is -0.388. The number of halogens is 2. The third-order valence-electron chi connectivity index (χ3n) is 3.51. The Balaban J connectivity index is 2.45. The smallest absolute Gasteiger partial charge is 0.165 e. The second kappa shape index (κ2) is 6.07. The minimum absolute atomic E-state index is 0.0191. The maximum atomic E-state index is 13.9. The molecule has 0 amide bonds. The summed E-state index contributed by atoms with van der Waals surface area (Å²) in [6.45, 7) is 6.43. The van der Waals surface area contributed by atoms with Gasteiger partial charge in [-0.2, -0.15) is 0 Å². The Bertz CT molecular complexity index is 631. The van der Waals surface area contributed by atoms with Crippen molar-refractivity contribution in [2.45, 2.75) is 31.6 Å². The van der Waals surface area contributed by atoms with Gasteiger partial charge in [0, 0.05) is 0 Å². The average molecular weight is 307 g/mol. The maximum absolute atomic E-state index is 13.9. The first-order valence-corrected chi connectivity index (χ1v) is 7.35. The van der Waals surface area contributed by atoms with E-state index in [0.717, 1.165) is 11.1 Å². The van der Waals surface area contributed by atoms with Crippen molar-refractivity contribution in [2.24, 2.45) is 0 Å². The molecule has 0 fully saturated rings. The number of alkyl halides is 1. The van der Waals surface area contributed by atoms with Gasteiger partial charge in [0.15, 0.2) is 11.6 Å². The second-order valence-corrected chi connectivity index (χ2v) is 6.53. The highest BCUT2D eigenvalue weighted by molar-refractivity contribution is 6.22. The molecule has 0 N–H and O–H groups in total. The van der Waals surface area contributed by atoms with Crippen LogP contribution in [-0.2, 0) is 5.41 Å². The molecule has 21 heavy (non-hydrogen) atoms. The molecule has 3 heteroatoms. The summed E-state index contributed by atoms with van der Waals surface area (Å²) in [6, 6.07) is 12.9. The molecule has 1 unspecified atom stereocenters. The standard InChI is InChI=1S/C18H20ClFO/c1-18(2,3)14-8-6-5-7-13(14)17(19)12-9-10-16(21-4)15(20)11-12/h5-11,17H,1-4H3. The van der Waals surface area contributed by atoms with E-state index in [9.17, 15) is 4.39 Å². The van der Waals surface area contributed by atoms with Gasteiger partial charge >= 0.3 is 0 Å². The van der Waals surface area contributed by atoms with Gasteiger partial charge in [0.25, 0.3) is 0 Å². The Hall–Kier alpha value is -1.54. The molecule has 112 valence electrons. The van der Waals surface area contributed by atoms with Gasteiger partial charge in [-0.1, -0.05) is 51.1 Å². The zero-order valence-corrected chi connectivity index (χ0v) is 13.5. The van der Waals surface area contributed by atoms with E-state index in [4.69, 9.17) is 16.3 Å². The van der Waals surface area contributed by atoms with Crippen LogP contribution in [0.2, 0.25) is 0 Å². The molecule has 0 bridgehead atoms. The molecule has 2 rings (SSSR count). The van der Waals surface area contributed by atoms with E-state index in [1.165, 1.54) is 18.7 Å². The van der Waals surface area contributed by atoms with Crippen LogP contribution in [0.5, 0.6) is 5.75 Å². The van der Waals surface area contributed by atoms with Gasteiger partial charge in [0.1, 0.15) is 0 Å². The SMILES string of the molecule is COc1ccc(C(Cl)c2ccccc2C(C)(C)C)cc1F. The van der Waals surface area contributed by atoms with E-state index in [0.29, 0.717) is 0 Å². The van der Waals surface area contributed by atoms with Crippen LogP contribution >= 0.6 is 11.6 Å². The highest BCUT2D eigenvalue weighted by atomic mass is 35.5. The van der Waals surface area contributed by atoms with Crippen molar-refractivity contribution >= 4 is 11.6 Å². The number of rotatable bonds is 3. The fraction of sp³-hybridized carbons (Fsp3) is 0.333. The molecule has 1 atom stereocenters. The first-order valence-electron chi connectivity index (χ1n) is 6.91. The zero-order chi connectivity index (χ0) is 15.6. The predicted molar refractivity (Wildman–Crippen MR) is 85.8 cm³/mol. The third kappa shape index (κ3) is 3.38. The molecule has 0 aliphatic rings. The van der Waals surface area contributed by atoms with E-state index >= 15 is 0 Å². The van der Waals surface area contributed by atoms with E-state index in [-0.39, 0.29) is 16.5 Å². The number of ether oxygens (including phenoxy) is 1. The van der Waals surface area contributed by atoms with Crippen LogP contribution < -0.4 is 4.74 Å². The van der Waals surface area contributed by atoms with E-state index in [1.807, 2.05) is 18.2 Å². The molecular formula is C18H20ClFO. The molecule has 0 aliphatic heterocycles. The summed E-state index contributed by atoms with van der Waals surface area (Å²) >= 11 is 6.60. The molecule has 0 saturated heterocycles. The minimum Gasteiger partial charge on any atom is -0.494 e. The largest absolute Gasteiger partial charge is 0.494 e. The van der Waals surface area contributed by atoms with Crippen LogP contribution in [0.15, 0.2) is 42.5 Å². The Morgan fingerprint density at radius 1 is 1.10 bits per heavy atom. The average Bonchev–Trinajstić information content (AvgIpc) is 2.45. The molecule has 0 spiro atoms. The van der Waals surface area contributed by atoms with Crippen molar-refractivity contribution in [3.05, 3.63) is 65.0 Å². The Kier molecular flexibility index (Phi) is 4.58. The second-order valence-electron chi connectivity index (χ2n) is 6.09. The van der Waals surface area contributed by atoms with Crippen molar-refractivity contribution in [2.75, 3.05) is 7.11 Å². The van der Waals surface area contributed by atoms with Gasteiger partial charge in [0.2, 0.25) is 0 Å². The van der Waals surface area contributed by atoms with Crippen molar-refractivity contribution in [1.29, 1.82) is 0 Å². The van der Waals surface area contributed by atoms with Gasteiger partial charge in [0.05, 0.1) is 12.5 Å². The molecule has 2 aromatic carbocycles. The van der Waals surface area contributed by atoms with E-state index in [1.54, 1.807) is 12.1 Å². The topological polar surface area (TPSA) is 9.23 Å². The molecular weight excluding hydrogens is 287 g/mol. The molecule has 0 saturated carbocycles. The van der Waals surface area contributed by atoms with Crippen LogP contribution in [0.4, 0.5) is 4.39 Å². The first-order chi connectivity index (χ1) is 9.84. The molecule has 0 aliphatic carbocycles. The number of benzene rings is 2. The van der Waals surface area contributed by atoms with Crippen LogP contribution in [0.3, 0.4) is 0 Å². The number of hydrogen-bond donors (Lipinski definition) is 0. The normalized spacial score (nSPS) is 13.0. The van der Waals surface area contributed by atoms with Crippen molar-refractivity contribution < 1.29 is 9.13 Å². The third-order valence-corrected chi connectivity index (χ3v) is 4.00. The summed E-state index contributed by atoms with van der Waals surface area (Å²) in [5.41, 5.74) is 2.89. The Morgan fingerprint density at radius 3 is 2.33 bits per heavy atom. The molecule has 0 heterocycles. The maximum Gasteiger partial charge on any atom is 0.165 e. The van der Waals surface area contributed by atoms with Gasteiger partial charge < -0.3 is 4.74 Å². The molecule has 0 radical (unpaired) electrons. The summed E-state index contributed by atoms with van der Waals surface area (Å²) in [4.78, 5) is 0. The van der Waals surface area contributed by atoms with Crippen molar-refractivity contribution in [3.8, 4) is 5.75 Å². The van der Waals surface area contributed by atoms with Gasteiger partial charge in [-0.3, -0.25) is 0 Å². The van der Waals surface area contributed by atoms with Crippen LogP contribution in [0, 0.1) is 5.82 Å². The van der Waals surface area contributed by atoms with Crippen LogP contribution in [0.1, 0.15) is 42.8 Å². The lowest BCUT2D eigenvalue weighted by molar-refractivity contribution is 0.386. The van der Waals surface area contributed by atoms with Crippen LogP contribution in [-0.4, -0.2) is 7.11 Å². The lowest BCUT2D eigenvalue weighted by Gasteiger charge is -2.25. The number of methoxy groups -OCH3 is 1. The summed E-state index contributed by atoms with van der Waals surface area (Å²) in [6.07, 6.45) is 0. The Labute approximate surface area is 130 Å². The van der Waals surface area contributed by atoms with Crippen molar-refractivity contribution in [3.63, 3.8) is 0 Å². The predicted octanol–water partition coefficient (Wildman–Crippen LogP) is 5.46. The summed E-state index contributed by atoms with van der Waals surface area (Å²) < 4.78 is 18.8. The lowest BCUT2D eigenvalue weighted by atomic mass is 9.82. The summed E-state index contributed by atoms with van der Waals surface area (Å²) in [7, 11) is 1.45. The Morgan fingerprint density at radius 2 is 1.76 bits per heavy atom. The fourth-order valence-corrected chi connectivity index (χ4v) is 2.75. The van der Waals surface area contributed by atoms with Gasteiger partial charge in [-0.15, -0.1) is 11.6 Å². The minimum atomic E-state index is -0.395. The summed E-state index contributed by atoms with van der Waals surface area (Å²) in [5.74, 6) is -0.166. The molecule has 0 aromatic heterocycles. The first kappa shape index (κ1) is 15.8. The quantitative estimate of drug-likeness (QED) is 0.684. The van der Waals surface area contributed by atoms with Crippen LogP contribution in [0.25, 0.3) is 0 Å². The zero-order valence-electron chi connectivity index (χ0n) is 12.8. The van der Waals surface area contributed by atoms with Gasteiger partial charge in [-0.05, 0) is 34.2 Å². The number of hydrogen-bond acceptors (Lipinski definition) is 1. The monoisotopic (exact) mass is 306 g/mol. The van der Waals surface area contributed by atoms with E-state index < -0.39 is 5.82 Å². The molecule has 1 nitrogen and oxygen atoms in total. The lowest BCUT2D eigenvalue weighted by Crippen LogP contribution is -2.15. The molecule has 2 aromatic rings. The van der Waals surface area contributed by atoms with Crippen molar-refractivity contribution in [1.82, 2.24) is 0 Å². The fourth-order valence-electron chi connectivity index (χ4n) is 2.42. The highest BCUT2D eigenvalue weighted by Gasteiger charge is 2.22. The van der Waals surface area contributed by atoms with Gasteiger partial charge in [-0.25, -0.2) is 4.39 Å². The van der Waals surface area contributed by atoms with E-state index in [2.05, 4.69) is 26.8 Å².